The van der Waals surface area contributed by atoms with Gasteiger partial charge in [-0.3, -0.25) is 4.79 Å². The van der Waals surface area contributed by atoms with Crippen LogP contribution >= 0.6 is 0 Å². The fraction of sp³-hybridized carbons (Fsp3) is 0.786. The highest BCUT2D eigenvalue weighted by Gasteiger charge is 2.61. The number of carboxylic acid groups (broad SMARTS) is 2. The first-order chi connectivity index (χ1) is 17.1. The molecule has 5 N–H and O–H groups in total. The molecular formula is C28H44N2O6. The van der Waals surface area contributed by atoms with E-state index in [-0.39, 0.29) is 10.8 Å². The summed E-state index contributed by atoms with van der Waals surface area (Å²) in [5.74, 6) is 0.928. The summed E-state index contributed by atoms with van der Waals surface area (Å²) < 4.78 is 0. The largest absolute Gasteiger partial charge is 0.478 e. The average molecular weight is 505 g/mol. The second-order valence-corrected chi connectivity index (χ2v) is 11.9. The third-order valence-corrected chi connectivity index (χ3v) is 10.1. The number of rotatable bonds is 7. The fourth-order valence-corrected chi connectivity index (χ4v) is 8.19. The average Bonchev–Trinajstić information content (AvgIpc) is 3.15. The Morgan fingerprint density at radius 2 is 1.72 bits per heavy atom. The highest BCUT2D eigenvalue weighted by molar-refractivity contribution is 5.90. The van der Waals surface area contributed by atoms with Crippen LogP contribution in [0.2, 0.25) is 0 Å². The van der Waals surface area contributed by atoms with Crippen molar-refractivity contribution in [1.82, 2.24) is 0 Å². The number of carbonyl (C=O) groups excluding carboxylic acids is 1. The van der Waals surface area contributed by atoms with Gasteiger partial charge in [-0.05, 0) is 87.0 Å². The summed E-state index contributed by atoms with van der Waals surface area (Å²) in [6.07, 6.45) is 14.9. The van der Waals surface area contributed by atoms with Crippen LogP contribution in [0.5, 0.6) is 0 Å². The Morgan fingerprint density at radius 1 is 1.03 bits per heavy atom. The molecule has 36 heavy (non-hydrogen) atoms. The van der Waals surface area contributed by atoms with Gasteiger partial charge in [0.2, 0.25) is 0 Å². The Balaban J connectivity index is 0.000000392. The van der Waals surface area contributed by atoms with E-state index in [4.69, 9.17) is 15.9 Å². The first-order valence-corrected chi connectivity index (χ1v) is 13.6. The molecule has 0 aromatic heterocycles. The molecular weight excluding hydrogens is 460 g/mol. The lowest BCUT2D eigenvalue weighted by molar-refractivity contribution is -0.134. The number of unbranched alkanes of at least 4 members (excludes halogenated alkanes) is 2. The number of hydrogen-bond donors (Lipinski definition) is 4. The number of Topliss-reactive ketones (excluding diaryl/α,β-unsaturated/α-hetero) is 1. The Morgan fingerprint density at radius 3 is 2.33 bits per heavy atom. The lowest BCUT2D eigenvalue weighted by Crippen LogP contribution is -2.56. The van der Waals surface area contributed by atoms with Crippen molar-refractivity contribution in [2.75, 3.05) is 6.54 Å². The van der Waals surface area contributed by atoms with Gasteiger partial charge in [0.25, 0.3) is 0 Å². The summed E-state index contributed by atoms with van der Waals surface area (Å²) in [6.45, 7) is 5.52. The van der Waals surface area contributed by atoms with E-state index in [0.29, 0.717) is 41.6 Å². The molecule has 0 amide bonds. The zero-order chi connectivity index (χ0) is 26.5. The van der Waals surface area contributed by atoms with Crippen LogP contribution in [0.25, 0.3) is 0 Å². The minimum atomic E-state index is -1.26. The van der Waals surface area contributed by atoms with Gasteiger partial charge in [0.15, 0.2) is 0 Å². The van der Waals surface area contributed by atoms with Crippen molar-refractivity contribution in [3.05, 3.63) is 12.2 Å². The molecule has 0 aromatic rings. The first kappa shape index (κ1) is 28.4. The third-order valence-electron chi connectivity index (χ3n) is 10.1. The summed E-state index contributed by atoms with van der Waals surface area (Å²) in [4.78, 5) is 31.7. The molecule has 0 heterocycles. The number of carboxylic acids is 2. The predicted molar refractivity (Wildman–Crippen MR) is 137 cm³/mol. The Bertz CT molecular complexity index is 869. The standard InChI is InChI=1S/C24H40N2O2.C4H4O4/c1-23-11-9-16(6-4-3-5-13-25)14-20(23)21(26-28)15-17-18-7-8-22(27)24(18,2)12-10-19(17)23;5-3(6)1-2-4(7)8/h16-20,28H,3-15,25H2,1-2H3;1-2H,(H,5,6)(H,7,8)/b26-21+;/t16?,17-,18-,19-,20+,23+,24-;/m0./s1. The van der Waals surface area contributed by atoms with Crippen LogP contribution in [-0.2, 0) is 14.4 Å². The van der Waals surface area contributed by atoms with Gasteiger partial charge in [0.1, 0.15) is 5.78 Å². The van der Waals surface area contributed by atoms with Gasteiger partial charge in [0, 0.05) is 29.9 Å². The fourth-order valence-electron chi connectivity index (χ4n) is 8.19. The van der Waals surface area contributed by atoms with Crippen molar-refractivity contribution in [1.29, 1.82) is 0 Å². The van der Waals surface area contributed by atoms with Crippen molar-refractivity contribution < 1.29 is 29.8 Å². The summed E-state index contributed by atoms with van der Waals surface area (Å²) in [5.41, 5.74) is 6.84. The van der Waals surface area contributed by atoms with Crippen molar-refractivity contribution >= 4 is 23.4 Å². The van der Waals surface area contributed by atoms with E-state index in [9.17, 15) is 19.6 Å². The van der Waals surface area contributed by atoms with Crippen LogP contribution in [0.3, 0.4) is 0 Å². The predicted octanol–water partition coefficient (Wildman–Crippen LogP) is 4.89. The summed E-state index contributed by atoms with van der Waals surface area (Å²) in [5, 5.41) is 29.4. The topological polar surface area (TPSA) is 150 Å². The highest BCUT2D eigenvalue weighted by Crippen LogP contribution is 2.65. The van der Waals surface area contributed by atoms with E-state index in [1.54, 1.807) is 0 Å². The number of nitrogens with zero attached hydrogens (tertiary/aromatic N) is 1. The van der Waals surface area contributed by atoms with E-state index in [2.05, 4.69) is 19.0 Å². The Hall–Kier alpha value is -2.22. The molecule has 0 saturated heterocycles. The maximum absolute atomic E-state index is 12.6. The molecule has 0 bridgehead atoms. The van der Waals surface area contributed by atoms with Crippen LogP contribution in [0.4, 0.5) is 0 Å². The number of fused-ring (bicyclic) bond motifs is 5. The van der Waals surface area contributed by atoms with E-state index in [0.717, 1.165) is 50.3 Å². The number of ketones is 1. The molecule has 4 fully saturated rings. The van der Waals surface area contributed by atoms with E-state index < -0.39 is 11.9 Å². The smallest absolute Gasteiger partial charge is 0.328 e. The molecule has 8 heteroatoms. The summed E-state index contributed by atoms with van der Waals surface area (Å²) in [7, 11) is 0. The van der Waals surface area contributed by atoms with Crippen LogP contribution in [0, 0.1) is 40.4 Å². The summed E-state index contributed by atoms with van der Waals surface area (Å²) >= 11 is 0. The van der Waals surface area contributed by atoms with Gasteiger partial charge in [-0.15, -0.1) is 0 Å². The number of aliphatic carboxylic acids is 2. The molecule has 7 atom stereocenters. The minimum absolute atomic E-state index is 0.106. The van der Waals surface area contributed by atoms with Gasteiger partial charge in [-0.1, -0.05) is 38.3 Å². The SMILES string of the molecule is C[C@]12CCC(CCCCCN)C[C@@H]1/C(=N/O)C[C@@H]1[C@@H]2CC[C@]2(C)C(=O)CC[C@@H]12.O=C(O)C=CC(=O)O. The van der Waals surface area contributed by atoms with Crippen LogP contribution in [0.1, 0.15) is 90.9 Å². The monoisotopic (exact) mass is 504 g/mol. The third kappa shape index (κ3) is 5.84. The van der Waals surface area contributed by atoms with Gasteiger partial charge in [-0.25, -0.2) is 9.59 Å². The highest BCUT2D eigenvalue weighted by atomic mass is 16.4. The zero-order valence-electron chi connectivity index (χ0n) is 21.8. The van der Waals surface area contributed by atoms with E-state index >= 15 is 0 Å². The lowest BCUT2D eigenvalue weighted by atomic mass is 9.44. The van der Waals surface area contributed by atoms with E-state index in [1.165, 1.54) is 44.9 Å². The van der Waals surface area contributed by atoms with E-state index in [1.807, 2.05) is 0 Å². The lowest BCUT2D eigenvalue weighted by Gasteiger charge is -2.60. The van der Waals surface area contributed by atoms with Crippen molar-refractivity contribution in [3.63, 3.8) is 0 Å². The molecule has 4 aliphatic carbocycles. The molecule has 8 nitrogen and oxygen atoms in total. The van der Waals surface area contributed by atoms with Crippen molar-refractivity contribution in [2.24, 2.45) is 51.3 Å². The normalized spacial score (nSPS) is 38.6. The van der Waals surface area contributed by atoms with Crippen molar-refractivity contribution in [2.45, 2.75) is 90.9 Å². The van der Waals surface area contributed by atoms with Gasteiger partial charge in [-0.2, -0.15) is 0 Å². The van der Waals surface area contributed by atoms with Crippen LogP contribution in [0.15, 0.2) is 17.3 Å². The maximum Gasteiger partial charge on any atom is 0.328 e. The quantitative estimate of drug-likeness (QED) is 0.167. The molecule has 0 spiro atoms. The molecule has 0 radical (unpaired) electrons. The Labute approximate surface area is 214 Å². The zero-order valence-corrected chi connectivity index (χ0v) is 21.8. The molecule has 4 aliphatic rings. The second-order valence-electron chi connectivity index (χ2n) is 11.9. The number of hydrogen-bond acceptors (Lipinski definition) is 6. The minimum Gasteiger partial charge on any atom is -0.478 e. The molecule has 0 aliphatic heterocycles. The maximum atomic E-state index is 12.6. The van der Waals surface area contributed by atoms with Crippen LogP contribution in [-0.4, -0.2) is 45.4 Å². The molecule has 1 unspecified atom stereocenters. The molecule has 4 saturated carbocycles. The summed E-state index contributed by atoms with van der Waals surface area (Å²) in [6, 6.07) is 0. The Kier molecular flexibility index (Phi) is 9.36. The molecule has 0 aromatic carbocycles. The first-order valence-electron chi connectivity index (χ1n) is 13.6. The van der Waals surface area contributed by atoms with Crippen LogP contribution < -0.4 is 5.73 Å². The number of carbonyl (C=O) groups is 3. The number of nitrogens with two attached hydrogens (primary N) is 1. The van der Waals surface area contributed by atoms with Gasteiger partial charge in [0.05, 0.1) is 5.71 Å². The van der Waals surface area contributed by atoms with Crippen molar-refractivity contribution in [3.8, 4) is 0 Å². The second kappa shape index (κ2) is 11.9. The van der Waals surface area contributed by atoms with Gasteiger partial charge < -0.3 is 21.2 Å². The molecule has 202 valence electrons. The van der Waals surface area contributed by atoms with Gasteiger partial charge >= 0.3 is 11.9 Å². The number of oxime groups is 1. The molecule has 4 rings (SSSR count).